The van der Waals surface area contributed by atoms with Crippen LogP contribution in [-0.4, -0.2) is 45.9 Å². The minimum absolute atomic E-state index is 0.636. The van der Waals surface area contributed by atoms with Gasteiger partial charge in [-0.3, -0.25) is 4.68 Å². The molecule has 0 aliphatic carbocycles. The summed E-state index contributed by atoms with van der Waals surface area (Å²) in [6, 6.07) is 4.63. The number of rotatable bonds is 4. The van der Waals surface area contributed by atoms with E-state index in [2.05, 4.69) is 31.3 Å². The molecule has 106 valence electrons. The van der Waals surface area contributed by atoms with Gasteiger partial charge >= 0.3 is 0 Å². The highest BCUT2D eigenvalue weighted by Crippen LogP contribution is 2.18. The lowest BCUT2D eigenvalue weighted by molar-refractivity contribution is 0.440. The number of hydrogen-bond donors (Lipinski definition) is 1. The topological polar surface area (TPSA) is 58.9 Å². The Morgan fingerprint density at radius 1 is 1.30 bits per heavy atom. The fraction of sp³-hybridized carbons (Fsp3) is 0.500. The second kappa shape index (κ2) is 6.00. The Bertz CT molecular complexity index is 530. The zero-order chi connectivity index (χ0) is 13.8. The van der Waals surface area contributed by atoms with Gasteiger partial charge in [0.05, 0.1) is 12.2 Å². The molecule has 2 aromatic heterocycles. The molecule has 1 N–H and O–H groups in total. The molecule has 20 heavy (non-hydrogen) atoms. The van der Waals surface area contributed by atoms with Crippen molar-refractivity contribution in [2.75, 3.05) is 25.0 Å². The maximum absolute atomic E-state index is 4.41. The molecule has 0 unspecified atom stereocenters. The average Bonchev–Trinajstić information content (AvgIpc) is 3.01. The predicted molar refractivity (Wildman–Crippen MR) is 77.7 cm³/mol. The van der Waals surface area contributed by atoms with Crippen molar-refractivity contribution in [1.29, 1.82) is 0 Å². The first-order chi connectivity index (χ1) is 9.85. The summed E-state index contributed by atoms with van der Waals surface area (Å²) in [7, 11) is 2.03. The molecule has 1 fully saturated rings. The highest BCUT2D eigenvalue weighted by molar-refractivity contribution is 5.39. The molecule has 1 aliphatic heterocycles. The quantitative estimate of drug-likeness (QED) is 0.896. The van der Waals surface area contributed by atoms with Gasteiger partial charge in [0.1, 0.15) is 12.1 Å². The highest BCUT2D eigenvalue weighted by atomic mass is 15.3. The standard InChI is InChI=1S/C14H20N6/c1-15-12-3-7-19(8-4-12)14-9-13(16-11-17-14)10-20-6-2-5-18-20/h2,5-6,9,11-12,15H,3-4,7-8,10H2,1H3. The highest BCUT2D eigenvalue weighted by Gasteiger charge is 2.19. The van der Waals surface area contributed by atoms with E-state index < -0.39 is 0 Å². The summed E-state index contributed by atoms with van der Waals surface area (Å²) in [6.45, 7) is 2.78. The van der Waals surface area contributed by atoms with E-state index in [4.69, 9.17) is 0 Å². The second-order valence-electron chi connectivity index (χ2n) is 5.12. The van der Waals surface area contributed by atoms with Gasteiger partial charge in [0.2, 0.25) is 0 Å². The third kappa shape index (κ3) is 2.96. The van der Waals surface area contributed by atoms with E-state index >= 15 is 0 Å². The normalized spacial score (nSPS) is 16.6. The van der Waals surface area contributed by atoms with Crippen LogP contribution in [0.25, 0.3) is 0 Å². The van der Waals surface area contributed by atoms with Crippen LogP contribution in [0.3, 0.4) is 0 Å². The van der Waals surface area contributed by atoms with Crippen LogP contribution in [-0.2, 0) is 6.54 Å². The van der Waals surface area contributed by atoms with Crippen molar-refractivity contribution < 1.29 is 0 Å². The first-order valence-electron chi connectivity index (χ1n) is 7.06. The lowest BCUT2D eigenvalue weighted by Gasteiger charge is -2.32. The lowest BCUT2D eigenvalue weighted by Crippen LogP contribution is -2.41. The van der Waals surface area contributed by atoms with Crippen LogP contribution in [0.5, 0.6) is 0 Å². The average molecular weight is 272 g/mol. The largest absolute Gasteiger partial charge is 0.356 e. The number of nitrogens with zero attached hydrogens (tertiary/aromatic N) is 5. The summed E-state index contributed by atoms with van der Waals surface area (Å²) in [5, 5.41) is 7.56. The number of hydrogen-bond acceptors (Lipinski definition) is 5. The van der Waals surface area contributed by atoms with Gasteiger partial charge in [0, 0.05) is 37.6 Å². The van der Waals surface area contributed by atoms with E-state index in [0.717, 1.165) is 37.4 Å². The smallest absolute Gasteiger partial charge is 0.132 e. The summed E-state index contributed by atoms with van der Waals surface area (Å²) in [5.74, 6) is 1.02. The molecule has 1 saturated heterocycles. The monoisotopic (exact) mass is 272 g/mol. The van der Waals surface area contributed by atoms with E-state index in [9.17, 15) is 0 Å². The van der Waals surface area contributed by atoms with Crippen molar-refractivity contribution in [3.05, 3.63) is 36.5 Å². The number of nitrogens with one attached hydrogen (secondary N) is 1. The Hall–Kier alpha value is -1.95. The molecular formula is C14H20N6. The van der Waals surface area contributed by atoms with Crippen LogP contribution in [0.1, 0.15) is 18.5 Å². The molecule has 0 aromatic carbocycles. The van der Waals surface area contributed by atoms with Crippen molar-refractivity contribution in [2.24, 2.45) is 0 Å². The molecule has 0 saturated carbocycles. The predicted octanol–water partition coefficient (Wildman–Crippen LogP) is 0.910. The zero-order valence-corrected chi connectivity index (χ0v) is 11.7. The fourth-order valence-corrected chi connectivity index (χ4v) is 2.60. The summed E-state index contributed by atoms with van der Waals surface area (Å²) in [6.07, 6.45) is 7.70. The van der Waals surface area contributed by atoms with Crippen LogP contribution < -0.4 is 10.2 Å². The molecule has 0 atom stereocenters. The molecule has 0 spiro atoms. The maximum atomic E-state index is 4.41. The Labute approximate surface area is 118 Å². The lowest BCUT2D eigenvalue weighted by atomic mass is 10.1. The van der Waals surface area contributed by atoms with E-state index in [-0.39, 0.29) is 0 Å². The van der Waals surface area contributed by atoms with E-state index in [1.54, 1.807) is 12.5 Å². The SMILES string of the molecule is CNC1CCN(c2cc(Cn3cccn3)ncn2)CC1. The molecule has 1 aliphatic rings. The van der Waals surface area contributed by atoms with Gasteiger partial charge in [-0.05, 0) is 26.0 Å². The van der Waals surface area contributed by atoms with Gasteiger partial charge in [-0.15, -0.1) is 0 Å². The van der Waals surface area contributed by atoms with Gasteiger partial charge in [0.15, 0.2) is 0 Å². The van der Waals surface area contributed by atoms with E-state index in [0.29, 0.717) is 12.6 Å². The maximum Gasteiger partial charge on any atom is 0.132 e. The Morgan fingerprint density at radius 2 is 2.15 bits per heavy atom. The molecule has 0 amide bonds. The van der Waals surface area contributed by atoms with Gasteiger partial charge in [-0.2, -0.15) is 5.10 Å². The third-order valence-electron chi connectivity index (χ3n) is 3.82. The van der Waals surface area contributed by atoms with Crippen LogP contribution >= 0.6 is 0 Å². The van der Waals surface area contributed by atoms with Crippen molar-refractivity contribution in [2.45, 2.75) is 25.4 Å². The first-order valence-corrected chi connectivity index (χ1v) is 7.06. The van der Waals surface area contributed by atoms with Crippen molar-refractivity contribution >= 4 is 5.82 Å². The minimum Gasteiger partial charge on any atom is -0.356 e. The Morgan fingerprint density at radius 3 is 2.85 bits per heavy atom. The third-order valence-corrected chi connectivity index (χ3v) is 3.82. The van der Waals surface area contributed by atoms with Crippen molar-refractivity contribution in [3.63, 3.8) is 0 Å². The molecule has 6 heteroatoms. The van der Waals surface area contributed by atoms with Gasteiger partial charge in [-0.1, -0.05) is 0 Å². The molecule has 3 rings (SSSR count). The van der Waals surface area contributed by atoms with E-state index in [1.165, 1.54) is 0 Å². The fourth-order valence-electron chi connectivity index (χ4n) is 2.60. The molecule has 2 aromatic rings. The van der Waals surface area contributed by atoms with Crippen molar-refractivity contribution in [3.8, 4) is 0 Å². The van der Waals surface area contributed by atoms with Gasteiger partial charge in [0.25, 0.3) is 0 Å². The van der Waals surface area contributed by atoms with Crippen molar-refractivity contribution in [1.82, 2.24) is 25.1 Å². The molecule has 0 radical (unpaired) electrons. The Balaban J connectivity index is 1.68. The van der Waals surface area contributed by atoms with Gasteiger partial charge in [-0.25, -0.2) is 9.97 Å². The molecule has 3 heterocycles. The summed E-state index contributed by atoms with van der Waals surface area (Å²) >= 11 is 0. The summed E-state index contributed by atoms with van der Waals surface area (Å²) < 4.78 is 1.87. The molecule has 0 bridgehead atoms. The Kier molecular flexibility index (Phi) is 3.92. The van der Waals surface area contributed by atoms with Crippen LogP contribution in [0.2, 0.25) is 0 Å². The van der Waals surface area contributed by atoms with Crippen LogP contribution in [0.4, 0.5) is 5.82 Å². The van der Waals surface area contributed by atoms with Crippen LogP contribution in [0, 0.1) is 0 Å². The second-order valence-corrected chi connectivity index (χ2v) is 5.12. The van der Waals surface area contributed by atoms with Gasteiger partial charge < -0.3 is 10.2 Å². The zero-order valence-electron chi connectivity index (χ0n) is 11.7. The molecule has 6 nitrogen and oxygen atoms in total. The first kappa shape index (κ1) is 13.1. The minimum atomic E-state index is 0.636. The molecular weight excluding hydrogens is 252 g/mol. The summed E-state index contributed by atoms with van der Waals surface area (Å²) in [5.41, 5.74) is 0.995. The number of anilines is 1. The van der Waals surface area contributed by atoms with E-state index in [1.807, 2.05) is 24.0 Å². The summed E-state index contributed by atoms with van der Waals surface area (Å²) in [4.78, 5) is 11.1. The number of piperidine rings is 1. The number of aromatic nitrogens is 4. The van der Waals surface area contributed by atoms with Crippen LogP contribution in [0.15, 0.2) is 30.9 Å².